The molecule has 0 fully saturated rings. The zero-order chi connectivity index (χ0) is 15.7. The Bertz CT molecular complexity index is 691. The van der Waals surface area contributed by atoms with Gasteiger partial charge < -0.3 is 5.73 Å². The highest BCUT2D eigenvalue weighted by atomic mass is 79.9. The maximum atomic E-state index is 13.9. The van der Waals surface area contributed by atoms with E-state index in [9.17, 15) is 17.6 Å². The molecule has 0 aliphatic rings. The highest BCUT2D eigenvalue weighted by Gasteiger charge is 2.20. The molecule has 0 heterocycles. The van der Waals surface area contributed by atoms with Crippen molar-refractivity contribution in [3.8, 4) is 0 Å². The Morgan fingerprint density at radius 3 is 2.19 bits per heavy atom. The van der Waals surface area contributed by atoms with Crippen molar-refractivity contribution >= 4 is 31.9 Å². The summed E-state index contributed by atoms with van der Waals surface area (Å²) in [7, 11) is 0. The van der Waals surface area contributed by atoms with E-state index < -0.39 is 29.3 Å². The second-order valence-corrected chi connectivity index (χ2v) is 6.04. The fourth-order valence-corrected chi connectivity index (χ4v) is 2.90. The van der Waals surface area contributed by atoms with Gasteiger partial charge in [-0.1, -0.05) is 6.07 Å². The fraction of sp³-hybridized carbons (Fsp3) is 0.143. The predicted molar refractivity (Wildman–Crippen MR) is 78.7 cm³/mol. The van der Waals surface area contributed by atoms with Crippen molar-refractivity contribution < 1.29 is 17.6 Å². The normalized spacial score (nSPS) is 12.5. The Hall–Kier alpha value is -0.920. The Balaban J connectivity index is 2.37. The van der Waals surface area contributed by atoms with E-state index >= 15 is 0 Å². The third-order valence-corrected chi connectivity index (χ3v) is 4.45. The molecular formula is C14H9Br2F4N. The Labute approximate surface area is 135 Å². The first-order chi connectivity index (χ1) is 9.82. The van der Waals surface area contributed by atoms with E-state index in [1.54, 1.807) is 0 Å². The van der Waals surface area contributed by atoms with Gasteiger partial charge in [-0.25, -0.2) is 17.6 Å². The van der Waals surface area contributed by atoms with E-state index in [0.29, 0.717) is 0 Å². The molecule has 2 rings (SSSR count). The molecule has 0 amide bonds. The Morgan fingerprint density at radius 1 is 0.905 bits per heavy atom. The molecule has 0 saturated carbocycles. The average Bonchev–Trinajstić information content (AvgIpc) is 2.45. The summed E-state index contributed by atoms with van der Waals surface area (Å²) in [4.78, 5) is 0. The van der Waals surface area contributed by atoms with Crippen molar-refractivity contribution in [2.75, 3.05) is 0 Å². The molecular weight excluding hydrogens is 418 g/mol. The second kappa shape index (κ2) is 6.46. The average molecular weight is 427 g/mol. The summed E-state index contributed by atoms with van der Waals surface area (Å²) in [5, 5.41) is 0. The van der Waals surface area contributed by atoms with Crippen molar-refractivity contribution in [3.63, 3.8) is 0 Å². The molecule has 0 radical (unpaired) electrons. The molecule has 0 bridgehead atoms. The summed E-state index contributed by atoms with van der Waals surface area (Å²) >= 11 is 5.87. The van der Waals surface area contributed by atoms with Crippen LogP contribution in [0.15, 0.2) is 33.2 Å². The molecule has 1 nitrogen and oxygen atoms in total. The van der Waals surface area contributed by atoms with Gasteiger partial charge in [0.15, 0.2) is 11.6 Å². The predicted octanol–water partition coefficient (Wildman–Crippen LogP) is 5.01. The first-order valence-electron chi connectivity index (χ1n) is 5.84. The van der Waals surface area contributed by atoms with Gasteiger partial charge >= 0.3 is 0 Å². The molecule has 21 heavy (non-hydrogen) atoms. The zero-order valence-corrected chi connectivity index (χ0v) is 13.6. The Kier molecular flexibility index (Phi) is 5.06. The highest BCUT2D eigenvalue weighted by molar-refractivity contribution is 9.10. The molecule has 0 spiro atoms. The lowest BCUT2D eigenvalue weighted by Gasteiger charge is -2.16. The molecule has 0 aromatic heterocycles. The molecule has 2 aromatic rings. The van der Waals surface area contributed by atoms with Gasteiger partial charge in [-0.15, -0.1) is 0 Å². The number of rotatable bonds is 3. The summed E-state index contributed by atoms with van der Waals surface area (Å²) in [5.74, 6) is -3.62. The molecule has 0 aliphatic carbocycles. The topological polar surface area (TPSA) is 26.0 Å². The van der Waals surface area contributed by atoms with Crippen molar-refractivity contribution in [2.45, 2.75) is 12.5 Å². The zero-order valence-electron chi connectivity index (χ0n) is 10.4. The van der Waals surface area contributed by atoms with E-state index in [2.05, 4.69) is 31.9 Å². The molecule has 7 heteroatoms. The second-order valence-electron chi connectivity index (χ2n) is 4.40. The highest BCUT2D eigenvalue weighted by Crippen LogP contribution is 2.30. The quantitative estimate of drug-likeness (QED) is 0.416. The lowest BCUT2D eigenvalue weighted by Crippen LogP contribution is -2.16. The number of benzene rings is 2. The van der Waals surface area contributed by atoms with Gasteiger partial charge in [0.2, 0.25) is 0 Å². The van der Waals surface area contributed by atoms with E-state index in [-0.39, 0.29) is 26.5 Å². The number of hydrogen-bond donors (Lipinski definition) is 1. The lowest BCUT2D eigenvalue weighted by molar-refractivity contribution is 0.497. The van der Waals surface area contributed by atoms with Gasteiger partial charge in [0.05, 0.1) is 8.95 Å². The summed E-state index contributed by atoms with van der Waals surface area (Å²) < 4.78 is 54.1. The fourth-order valence-electron chi connectivity index (χ4n) is 1.91. The molecule has 2 N–H and O–H groups in total. The first kappa shape index (κ1) is 16.5. The lowest BCUT2D eigenvalue weighted by atomic mass is 9.98. The van der Waals surface area contributed by atoms with E-state index in [1.807, 2.05) is 0 Å². The summed E-state index contributed by atoms with van der Waals surface area (Å²) in [5.41, 5.74) is 5.88. The minimum atomic E-state index is -1.09. The maximum Gasteiger partial charge on any atom is 0.173 e. The molecule has 1 atom stereocenters. The SMILES string of the molecule is NC(Cc1c(F)ccc(Br)c1F)c1ccc(F)c(F)c1Br. The molecule has 0 aliphatic heterocycles. The van der Waals surface area contributed by atoms with Gasteiger partial charge in [0.1, 0.15) is 11.6 Å². The van der Waals surface area contributed by atoms with E-state index in [4.69, 9.17) is 5.73 Å². The van der Waals surface area contributed by atoms with Crippen molar-refractivity contribution in [2.24, 2.45) is 5.73 Å². The number of hydrogen-bond acceptors (Lipinski definition) is 1. The van der Waals surface area contributed by atoms with E-state index in [1.165, 1.54) is 12.1 Å². The number of nitrogens with two attached hydrogens (primary N) is 1. The van der Waals surface area contributed by atoms with Crippen LogP contribution in [0.5, 0.6) is 0 Å². The van der Waals surface area contributed by atoms with E-state index in [0.717, 1.165) is 12.1 Å². The molecule has 112 valence electrons. The van der Waals surface area contributed by atoms with Gasteiger partial charge in [-0.2, -0.15) is 0 Å². The third kappa shape index (κ3) is 3.30. The third-order valence-electron chi connectivity index (χ3n) is 3.03. The van der Waals surface area contributed by atoms with Crippen LogP contribution in [0.3, 0.4) is 0 Å². The van der Waals surface area contributed by atoms with Crippen LogP contribution in [0.1, 0.15) is 17.2 Å². The van der Waals surface area contributed by atoms with Crippen LogP contribution in [0.4, 0.5) is 17.6 Å². The minimum Gasteiger partial charge on any atom is -0.324 e. The first-order valence-corrected chi connectivity index (χ1v) is 7.43. The summed E-state index contributed by atoms with van der Waals surface area (Å²) in [6.45, 7) is 0. The minimum absolute atomic E-state index is 0.107. The van der Waals surface area contributed by atoms with Crippen LogP contribution in [0, 0.1) is 23.3 Å². The summed E-state index contributed by atoms with van der Waals surface area (Å²) in [6.07, 6.45) is -0.194. The van der Waals surface area contributed by atoms with Crippen LogP contribution >= 0.6 is 31.9 Å². The van der Waals surface area contributed by atoms with Crippen molar-refractivity contribution in [1.29, 1.82) is 0 Å². The molecule has 2 aromatic carbocycles. The van der Waals surface area contributed by atoms with Crippen LogP contribution in [-0.4, -0.2) is 0 Å². The maximum absolute atomic E-state index is 13.9. The van der Waals surface area contributed by atoms with Crippen LogP contribution in [-0.2, 0) is 6.42 Å². The standard InChI is InChI=1S/C14H9Br2F4N/c15-8-2-4-9(17)7(13(8)19)5-11(21)6-1-3-10(18)14(20)12(6)16/h1-4,11H,5,21H2. The van der Waals surface area contributed by atoms with Crippen molar-refractivity contribution in [1.82, 2.24) is 0 Å². The van der Waals surface area contributed by atoms with Gasteiger partial charge in [-0.05, 0) is 62.0 Å². The Morgan fingerprint density at radius 2 is 1.52 bits per heavy atom. The number of halogens is 6. The summed E-state index contributed by atoms with van der Waals surface area (Å²) in [6, 6.07) is 3.65. The van der Waals surface area contributed by atoms with Gasteiger partial charge in [0, 0.05) is 11.6 Å². The smallest absolute Gasteiger partial charge is 0.173 e. The molecule has 1 unspecified atom stereocenters. The van der Waals surface area contributed by atoms with Crippen LogP contribution in [0.2, 0.25) is 0 Å². The monoisotopic (exact) mass is 425 g/mol. The van der Waals surface area contributed by atoms with Gasteiger partial charge in [-0.3, -0.25) is 0 Å². The van der Waals surface area contributed by atoms with Crippen LogP contribution in [0.25, 0.3) is 0 Å². The molecule has 0 saturated heterocycles. The van der Waals surface area contributed by atoms with Crippen LogP contribution < -0.4 is 5.73 Å². The van der Waals surface area contributed by atoms with Gasteiger partial charge in [0.25, 0.3) is 0 Å². The van der Waals surface area contributed by atoms with Crippen molar-refractivity contribution in [3.05, 3.63) is 67.6 Å². The largest absolute Gasteiger partial charge is 0.324 e.